The van der Waals surface area contributed by atoms with Gasteiger partial charge in [-0.15, -0.1) is 11.3 Å². The Bertz CT molecular complexity index is 1160. The molecular weight excluding hydrogens is 491 g/mol. The van der Waals surface area contributed by atoms with Crippen LogP contribution in [0.25, 0.3) is 11.1 Å². The van der Waals surface area contributed by atoms with Crippen molar-refractivity contribution in [3.8, 4) is 11.1 Å². The molecule has 2 aromatic carbocycles. The van der Waals surface area contributed by atoms with Crippen LogP contribution in [0.15, 0.2) is 47.8 Å². The lowest BCUT2D eigenvalue weighted by Gasteiger charge is -2.33. The molecule has 0 saturated carbocycles. The van der Waals surface area contributed by atoms with E-state index in [2.05, 4.69) is 27.4 Å². The summed E-state index contributed by atoms with van der Waals surface area (Å²) in [6.07, 6.45) is 2.93. The van der Waals surface area contributed by atoms with Crippen LogP contribution >= 0.6 is 35.2 Å². The molecule has 0 spiro atoms. The highest BCUT2D eigenvalue weighted by atomic mass is 35.5. The van der Waals surface area contributed by atoms with E-state index in [0.29, 0.717) is 27.9 Å². The molecule has 34 heavy (non-hydrogen) atoms. The Kier molecular flexibility index (Phi) is 8.13. The molecule has 9 heteroatoms. The average molecular weight is 517 g/mol. The molecule has 1 amide bonds. The molecule has 2 N–H and O–H groups in total. The second kappa shape index (κ2) is 11.3. The summed E-state index contributed by atoms with van der Waals surface area (Å²) in [6, 6.07) is 11.4. The van der Waals surface area contributed by atoms with Crippen LogP contribution in [0.4, 0.5) is 10.1 Å². The topological polar surface area (TPSA) is 57.3 Å². The number of anilines is 1. The van der Waals surface area contributed by atoms with Gasteiger partial charge >= 0.3 is 0 Å². The van der Waals surface area contributed by atoms with Crippen molar-refractivity contribution >= 4 is 51.9 Å². The lowest BCUT2D eigenvalue weighted by atomic mass is 9.98. The van der Waals surface area contributed by atoms with Crippen molar-refractivity contribution in [3.63, 3.8) is 0 Å². The van der Waals surface area contributed by atoms with Crippen molar-refractivity contribution in [1.29, 1.82) is 0 Å². The molecule has 0 unspecified atom stereocenters. The van der Waals surface area contributed by atoms with Gasteiger partial charge in [-0.05, 0) is 67.4 Å². The molecule has 4 rings (SSSR count). The molecule has 1 saturated heterocycles. The van der Waals surface area contributed by atoms with Crippen molar-refractivity contribution in [2.45, 2.75) is 32.1 Å². The zero-order valence-electron chi connectivity index (χ0n) is 18.8. The van der Waals surface area contributed by atoms with Gasteiger partial charge in [-0.3, -0.25) is 4.79 Å². The van der Waals surface area contributed by atoms with Crippen molar-refractivity contribution in [2.75, 3.05) is 25.0 Å². The lowest BCUT2D eigenvalue weighted by Crippen LogP contribution is -2.44. The van der Waals surface area contributed by atoms with Crippen LogP contribution < -0.4 is 10.6 Å². The summed E-state index contributed by atoms with van der Waals surface area (Å²) in [5.41, 5.74) is 2.23. The quantitative estimate of drug-likeness (QED) is 0.375. The van der Waals surface area contributed by atoms with Crippen molar-refractivity contribution in [1.82, 2.24) is 15.2 Å². The number of aromatic nitrogens is 1. The number of amides is 1. The molecule has 1 aliphatic rings. The second-order valence-electron chi connectivity index (χ2n) is 8.22. The van der Waals surface area contributed by atoms with E-state index < -0.39 is 0 Å². The van der Waals surface area contributed by atoms with E-state index in [9.17, 15) is 9.18 Å². The van der Waals surface area contributed by atoms with Crippen LogP contribution in [0.3, 0.4) is 0 Å². The smallest absolute Gasteiger partial charge is 0.275 e. The summed E-state index contributed by atoms with van der Waals surface area (Å²) in [7, 11) is 0. The molecule has 3 aromatic rings. The van der Waals surface area contributed by atoms with Crippen LogP contribution in [-0.2, 0) is 0 Å². The SMILES string of the molecule is CCCNC(=S)N1CCC(c2nc(C(=O)Nc3ccc(F)cc3-c3ccc(Cl)cc3)cs2)CC1. The Labute approximate surface area is 213 Å². The van der Waals surface area contributed by atoms with Gasteiger partial charge in [-0.25, -0.2) is 9.37 Å². The number of nitrogens with zero attached hydrogens (tertiary/aromatic N) is 2. The van der Waals surface area contributed by atoms with E-state index in [1.165, 1.54) is 23.5 Å². The Hall–Kier alpha value is -2.55. The number of thiocarbonyl (C=S) groups is 1. The number of carbonyl (C=O) groups is 1. The molecule has 0 bridgehead atoms. The van der Waals surface area contributed by atoms with E-state index in [4.69, 9.17) is 23.8 Å². The van der Waals surface area contributed by atoms with E-state index in [-0.39, 0.29) is 11.7 Å². The van der Waals surface area contributed by atoms with Crippen molar-refractivity contribution in [3.05, 3.63) is 69.4 Å². The third kappa shape index (κ3) is 5.92. The number of piperidine rings is 1. The summed E-state index contributed by atoms with van der Waals surface area (Å²) >= 11 is 13.0. The number of halogens is 2. The third-order valence-electron chi connectivity index (χ3n) is 5.80. The van der Waals surface area contributed by atoms with Crippen LogP contribution in [0.1, 0.15) is 47.6 Å². The molecule has 0 atom stereocenters. The van der Waals surface area contributed by atoms with Gasteiger partial charge in [-0.2, -0.15) is 0 Å². The fourth-order valence-corrected chi connectivity index (χ4v) is 5.31. The van der Waals surface area contributed by atoms with Gasteiger partial charge < -0.3 is 15.5 Å². The fraction of sp³-hybridized carbons (Fsp3) is 0.320. The number of thiazole rings is 1. The van der Waals surface area contributed by atoms with Gasteiger partial charge in [0.1, 0.15) is 11.5 Å². The summed E-state index contributed by atoms with van der Waals surface area (Å²) in [5, 5.41) is 10.3. The number of benzene rings is 2. The maximum absolute atomic E-state index is 14.0. The van der Waals surface area contributed by atoms with Crippen LogP contribution in [-0.4, -0.2) is 40.5 Å². The zero-order valence-corrected chi connectivity index (χ0v) is 21.2. The molecule has 1 fully saturated rings. The Morgan fingerprint density at radius 3 is 2.68 bits per heavy atom. The van der Waals surface area contributed by atoms with E-state index in [0.717, 1.165) is 54.6 Å². The number of likely N-dealkylation sites (tertiary alicyclic amines) is 1. The fourth-order valence-electron chi connectivity index (χ4n) is 3.93. The van der Waals surface area contributed by atoms with Gasteiger partial charge in [0, 0.05) is 47.2 Å². The minimum atomic E-state index is -0.380. The first-order valence-electron chi connectivity index (χ1n) is 11.3. The number of hydrogen-bond acceptors (Lipinski definition) is 4. The Morgan fingerprint density at radius 1 is 1.24 bits per heavy atom. The first-order chi connectivity index (χ1) is 16.4. The van der Waals surface area contributed by atoms with Gasteiger partial charge in [0.2, 0.25) is 0 Å². The third-order valence-corrected chi connectivity index (χ3v) is 7.46. The Balaban J connectivity index is 1.42. The summed E-state index contributed by atoms with van der Waals surface area (Å²) < 4.78 is 14.0. The number of rotatable bonds is 6. The molecule has 1 aliphatic heterocycles. The van der Waals surface area contributed by atoms with Gasteiger partial charge in [0.05, 0.1) is 5.01 Å². The van der Waals surface area contributed by atoms with Crippen LogP contribution in [0.5, 0.6) is 0 Å². The van der Waals surface area contributed by atoms with Crippen molar-refractivity contribution in [2.24, 2.45) is 0 Å². The molecule has 0 aliphatic carbocycles. The molecule has 1 aromatic heterocycles. The lowest BCUT2D eigenvalue weighted by molar-refractivity contribution is 0.102. The number of nitrogens with one attached hydrogen (secondary N) is 2. The van der Waals surface area contributed by atoms with Crippen molar-refractivity contribution < 1.29 is 9.18 Å². The predicted molar refractivity (Wildman–Crippen MR) is 141 cm³/mol. The maximum Gasteiger partial charge on any atom is 0.275 e. The maximum atomic E-state index is 14.0. The molecular formula is C25H26ClFN4OS2. The standard InChI is InChI=1S/C25H26ClFN4OS2/c1-2-11-28-25(33)31-12-9-17(10-13-31)24-30-22(15-34-24)23(32)29-21-8-7-19(27)14-20(21)16-3-5-18(26)6-4-16/h3-8,14-15,17H,2,9-13H2,1H3,(H,28,33)(H,29,32). The number of hydrogen-bond donors (Lipinski definition) is 2. The normalized spacial score (nSPS) is 14.1. The molecule has 178 valence electrons. The van der Waals surface area contributed by atoms with E-state index in [1.54, 1.807) is 35.7 Å². The number of carbonyl (C=O) groups excluding carboxylic acids is 1. The summed E-state index contributed by atoms with van der Waals surface area (Å²) in [4.78, 5) is 19.8. The van der Waals surface area contributed by atoms with Crippen LogP contribution in [0, 0.1) is 5.82 Å². The van der Waals surface area contributed by atoms with Gasteiger partial charge in [-0.1, -0.05) is 30.7 Å². The summed E-state index contributed by atoms with van der Waals surface area (Å²) in [6.45, 7) is 4.76. The Morgan fingerprint density at radius 2 is 1.97 bits per heavy atom. The molecule has 0 radical (unpaired) electrons. The van der Waals surface area contributed by atoms with Crippen LogP contribution in [0.2, 0.25) is 5.02 Å². The van der Waals surface area contributed by atoms with E-state index >= 15 is 0 Å². The highest BCUT2D eigenvalue weighted by molar-refractivity contribution is 7.80. The average Bonchev–Trinajstić information content (AvgIpc) is 3.35. The summed E-state index contributed by atoms with van der Waals surface area (Å²) in [5.74, 6) is -0.381. The predicted octanol–water partition coefficient (Wildman–Crippen LogP) is 6.32. The first kappa shape index (κ1) is 24.6. The zero-order chi connectivity index (χ0) is 24.1. The minimum Gasteiger partial charge on any atom is -0.363 e. The van der Waals surface area contributed by atoms with Gasteiger partial charge in [0.25, 0.3) is 5.91 Å². The largest absolute Gasteiger partial charge is 0.363 e. The molecule has 2 heterocycles. The minimum absolute atomic E-state index is 0.312. The monoisotopic (exact) mass is 516 g/mol. The van der Waals surface area contributed by atoms with E-state index in [1.807, 2.05) is 0 Å². The van der Waals surface area contributed by atoms with Gasteiger partial charge in [0.15, 0.2) is 5.11 Å². The second-order valence-corrected chi connectivity index (χ2v) is 9.93. The molecule has 5 nitrogen and oxygen atoms in total. The highest BCUT2D eigenvalue weighted by Gasteiger charge is 2.25. The highest BCUT2D eigenvalue weighted by Crippen LogP contribution is 2.32. The first-order valence-corrected chi connectivity index (χ1v) is 13.0.